The number of carbonyl (C=O) groups excluding carboxylic acids is 2. The molecule has 1 aromatic rings. The van der Waals surface area contributed by atoms with Gasteiger partial charge >= 0.3 is 0 Å². The van der Waals surface area contributed by atoms with E-state index in [0.717, 1.165) is 44.1 Å². The molecule has 1 heterocycles. The van der Waals surface area contributed by atoms with Gasteiger partial charge in [0, 0.05) is 24.0 Å². The molecule has 0 unspecified atom stereocenters. The van der Waals surface area contributed by atoms with E-state index in [1.807, 2.05) is 24.3 Å². The molecule has 1 aromatic carbocycles. The molecule has 2 amide bonds. The van der Waals surface area contributed by atoms with Crippen molar-refractivity contribution in [1.29, 1.82) is 0 Å². The standard InChI is InChI=1S/C18H23ClN2O2/c19-14-5-3-4-13(10-14)11-18(8-1-2-9-18)17(23)21-15-6-7-16(22)20-12-15/h3-5,10,15H,1-2,6-9,11-12H2,(H,20,22)(H,21,23)/t15-/m0/s1. The minimum Gasteiger partial charge on any atom is -0.354 e. The fourth-order valence-corrected chi connectivity index (χ4v) is 3.98. The maximum Gasteiger partial charge on any atom is 0.226 e. The van der Waals surface area contributed by atoms with Gasteiger partial charge in [0.15, 0.2) is 0 Å². The molecule has 2 N–H and O–H groups in total. The molecule has 0 aromatic heterocycles. The average Bonchev–Trinajstić information content (AvgIpc) is 2.99. The van der Waals surface area contributed by atoms with E-state index in [2.05, 4.69) is 10.6 Å². The Labute approximate surface area is 142 Å². The summed E-state index contributed by atoms with van der Waals surface area (Å²) in [5.74, 6) is 0.209. The van der Waals surface area contributed by atoms with Crippen molar-refractivity contribution in [2.75, 3.05) is 6.54 Å². The van der Waals surface area contributed by atoms with Crippen molar-refractivity contribution >= 4 is 23.4 Å². The summed E-state index contributed by atoms with van der Waals surface area (Å²) in [6, 6.07) is 7.85. The van der Waals surface area contributed by atoms with E-state index in [9.17, 15) is 9.59 Å². The Bertz CT molecular complexity index is 586. The predicted octanol–water partition coefficient (Wildman–Crippen LogP) is 2.84. The summed E-state index contributed by atoms with van der Waals surface area (Å²) in [6.45, 7) is 0.540. The minimum atomic E-state index is -0.327. The van der Waals surface area contributed by atoms with Crippen molar-refractivity contribution in [3.8, 4) is 0 Å². The molecule has 2 fully saturated rings. The number of carbonyl (C=O) groups is 2. The summed E-state index contributed by atoms with van der Waals surface area (Å²) >= 11 is 6.08. The third-order valence-corrected chi connectivity index (χ3v) is 5.31. The van der Waals surface area contributed by atoms with Crippen molar-refractivity contribution in [1.82, 2.24) is 10.6 Å². The number of rotatable bonds is 4. The quantitative estimate of drug-likeness (QED) is 0.889. The summed E-state index contributed by atoms with van der Waals surface area (Å²) in [7, 11) is 0. The van der Waals surface area contributed by atoms with Gasteiger partial charge in [0.2, 0.25) is 11.8 Å². The van der Waals surface area contributed by atoms with Gasteiger partial charge in [-0.15, -0.1) is 0 Å². The third-order valence-electron chi connectivity index (χ3n) is 5.07. The summed E-state index contributed by atoms with van der Waals surface area (Å²) in [5, 5.41) is 6.71. The predicted molar refractivity (Wildman–Crippen MR) is 90.2 cm³/mol. The molecule has 23 heavy (non-hydrogen) atoms. The minimum absolute atomic E-state index is 0.0528. The van der Waals surface area contributed by atoms with Gasteiger partial charge < -0.3 is 10.6 Å². The monoisotopic (exact) mass is 334 g/mol. The molecule has 0 radical (unpaired) electrons. The lowest BCUT2D eigenvalue weighted by Crippen LogP contribution is -2.52. The van der Waals surface area contributed by atoms with E-state index >= 15 is 0 Å². The van der Waals surface area contributed by atoms with Gasteiger partial charge in [-0.2, -0.15) is 0 Å². The molecule has 0 bridgehead atoms. The topological polar surface area (TPSA) is 58.2 Å². The number of hydrogen-bond acceptors (Lipinski definition) is 2. The van der Waals surface area contributed by atoms with Gasteiger partial charge in [0.05, 0.1) is 5.41 Å². The molecule has 4 nitrogen and oxygen atoms in total. The van der Waals surface area contributed by atoms with Crippen LogP contribution in [0.1, 0.15) is 44.1 Å². The van der Waals surface area contributed by atoms with Crippen molar-refractivity contribution < 1.29 is 9.59 Å². The SMILES string of the molecule is O=C1CC[C@H](NC(=O)C2(Cc3cccc(Cl)c3)CCCC2)CN1. The summed E-state index contributed by atoms with van der Waals surface area (Å²) in [4.78, 5) is 24.2. The molecule has 1 aliphatic heterocycles. The second-order valence-electron chi connectivity index (χ2n) is 6.81. The number of halogens is 1. The highest BCUT2D eigenvalue weighted by Crippen LogP contribution is 2.41. The average molecular weight is 335 g/mol. The molecule has 124 valence electrons. The zero-order valence-electron chi connectivity index (χ0n) is 13.2. The van der Waals surface area contributed by atoms with Crippen LogP contribution in [0.5, 0.6) is 0 Å². The van der Waals surface area contributed by atoms with Crippen LogP contribution >= 0.6 is 11.6 Å². The first-order valence-electron chi connectivity index (χ1n) is 8.40. The van der Waals surface area contributed by atoms with Gasteiger partial charge in [0.1, 0.15) is 0 Å². The summed E-state index contributed by atoms with van der Waals surface area (Å²) in [5.41, 5.74) is 0.790. The largest absolute Gasteiger partial charge is 0.354 e. The molecule has 2 aliphatic rings. The van der Waals surface area contributed by atoms with Crippen molar-refractivity contribution in [2.24, 2.45) is 5.41 Å². The Hall–Kier alpha value is -1.55. The van der Waals surface area contributed by atoms with Gasteiger partial charge in [-0.25, -0.2) is 0 Å². The molecule has 3 rings (SSSR count). The fraction of sp³-hybridized carbons (Fsp3) is 0.556. The molecule has 1 aliphatic carbocycles. The number of benzene rings is 1. The van der Waals surface area contributed by atoms with Gasteiger partial charge in [-0.05, 0) is 43.4 Å². The van der Waals surface area contributed by atoms with Crippen LogP contribution in [0.15, 0.2) is 24.3 Å². The molecule has 1 saturated heterocycles. The zero-order chi connectivity index (χ0) is 16.3. The van der Waals surface area contributed by atoms with E-state index < -0.39 is 0 Å². The maximum absolute atomic E-state index is 12.9. The zero-order valence-corrected chi connectivity index (χ0v) is 14.0. The molecule has 0 spiro atoms. The summed E-state index contributed by atoms with van der Waals surface area (Å²) in [6.07, 6.45) is 5.98. The van der Waals surface area contributed by atoms with Crippen LogP contribution in [0.2, 0.25) is 5.02 Å². The normalized spacial score (nSPS) is 23.3. The van der Waals surface area contributed by atoms with Crippen LogP contribution in [0.4, 0.5) is 0 Å². The highest BCUT2D eigenvalue weighted by atomic mass is 35.5. The fourth-order valence-electron chi connectivity index (χ4n) is 3.77. The highest BCUT2D eigenvalue weighted by molar-refractivity contribution is 6.30. The second-order valence-corrected chi connectivity index (χ2v) is 7.24. The second kappa shape index (κ2) is 6.91. The lowest BCUT2D eigenvalue weighted by Gasteiger charge is -2.32. The third kappa shape index (κ3) is 3.86. The molecule has 1 saturated carbocycles. The molecule has 1 atom stereocenters. The Morgan fingerprint density at radius 1 is 1.35 bits per heavy atom. The van der Waals surface area contributed by atoms with E-state index in [1.54, 1.807) is 0 Å². The maximum atomic E-state index is 12.9. The van der Waals surface area contributed by atoms with Crippen LogP contribution in [0.3, 0.4) is 0 Å². The van der Waals surface area contributed by atoms with E-state index in [1.165, 1.54) is 0 Å². The Kier molecular flexibility index (Phi) is 4.90. The number of piperidine rings is 1. The number of amides is 2. The van der Waals surface area contributed by atoms with Gasteiger partial charge in [-0.3, -0.25) is 9.59 Å². The van der Waals surface area contributed by atoms with Crippen molar-refractivity contribution in [3.05, 3.63) is 34.9 Å². The van der Waals surface area contributed by atoms with Crippen LogP contribution in [0.25, 0.3) is 0 Å². The molecule has 5 heteroatoms. The van der Waals surface area contributed by atoms with E-state index in [-0.39, 0.29) is 23.3 Å². The van der Waals surface area contributed by atoms with E-state index in [0.29, 0.717) is 18.0 Å². The van der Waals surface area contributed by atoms with Crippen LogP contribution in [-0.2, 0) is 16.0 Å². The van der Waals surface area contributed by atoms with Crippen molar-refractivity contribution in [3.63, 3.8) is 0 Å². The van der Waals surface area contributed by atoms with Crippen LogP contribution in [0, 0.1) is 5.41 Å². The van der Waals surface area contributed by atoms with Crippen LogP contribution in [-0.4, -0.2) is 24.4 Å². The van der Waals surface area contributed by atoms with Crippen LogP contribution < -0.4 is 10.6 Å². The van der Waals surface area contributed by atoms with E-state index in [4.69, 9.17) is 11.6 Å². The number of nitrogens with one attached hydrogen (secondary N) is 2. The first-order chi connectivity index (χ1) is 11.1. The lowest BCUT2D eigenvalue weighted by atomic mass is 9.78. The Balaban J connectivity index is 1.69. The lowest BCUT2D eigenvalue weighted by molar-refractivity contribution is -0.132. The summed E-state index contributed by atoms with van der Waals surface area (Å²) < 4.78 is 0. The van der Waals surface area contributed by atoms with Gasteiger partial charge in [0.25, 0.3) is 0 Å². The number of hydrogen-bond donors (Lipinski definition) is 2. The molecular weight excluding hydrogens is 312 g/mol. The van der Waals surface area contributed by atoms with Gasteiger partial charge in [-0.1, -0.05) is 36.6 Å². The highest BCUT2D eigenvalue weighted by Gasteiger charge is 2.41. The van der Waals surface area contributed by atoms with Crippen molar-refractivity contribution in [2.45, 2.75) is 51.0 Å². The Morgan fingerprint density at radius 3 is 2.78 bits per heavy atom. The smallest absolute Gasteiger partial charge is 0.226 e. The Morgan fingerprint density at radius 2 is 2.13 bits per heavy atom. The first-order valence-corrected chi connectivity index (χ1v) is 8.77. The first kappa shape index (κ1) is 16.3. The molecular formula is C18H23ClN2O2.